The summed E-state index contributed by atoms with van der Waals surface area (Å²) in [5.41, 5.74) is 3.10. The highest BCUT2D eigenvalue weighted by molar-refractivity contribution is 5.62. The third kappa shape index (κ3) is 3.54. The molecule has 2 aromatic rings. The van der Waals surface area contributed by atoms with Crippen molar-refractivity contribution in [3.63, 3.8) is 0 Å². The van der Waals surface area contributed by atoms with E-state index in [4.69, 9.17) is 0 Å². The molecule has 5 heteroatoms. The van der Waals surface area contributed by atoms with Crippen molar-refractivity contribution < 1.29 is 4.39 Å². The highest BCUT2D eigenvalue weighted by Gasteiger charge is 2.16. The zero-order valence-corrected chi connectivity index (χ0v) is 13.1. The van der Waals surface area contributed by atoms with E-state index in [1.807, 2.05) is 6.20 Å². The maximum atomic E-state index is 13.0. The van der Waals surface area contributed by atoms with Crippen LogP contribution in [0.5, 0.6) is 0 Å². The van der Waals surface area contributed by atoms with Crippen molar-refractivity contribution in [2.24, 2.45) is 0 Å². The quantitative estimate of drug-likeness (QED) is 0.921. The van der Waals surface area contributed by atoms with Gasteiger partial charge in [-0.2, -0.15) is 5.10 Å². The second kappa shape index (κ2) is 7.03. The van der Waals surface area contributed by atoms with Crippen LogP contribution in [0.2, 0.25) is 0 Å². The van der Waals surface area contributed by atoms with E-state index in [1.165, 1.54) is 17.7 Å². The molecule has 2 heterocycles. The minimum absolute atomic E-state index is 0.213. The number of halogens is 1. The summed E-state index contributed by atoms with van der Waals surface area (Å²) in [6.45, 7) is 9.00. The van der Waals surface area contributed by atoms with Gasteiger partial charge in [0.2, 0.25) is 0 Å². The van der Waals surface area contributed by atoms with E-state index in [0.717, 1.165) is 56.9 Å². The number of rotatable bonds is 5. The molecule has 1 N–H and O–H groups in total. The lowest BCUT2D eigenvalue weighted by atomic mass is 10.1. The van der Waals surface area contributed by atoms with Crippen molar-refractivity contribution in [1.82, 2.24) is 20.0 Å². The molecular formula is C17H23FN4. The van der Waals surface area contributed by atoms with Gasteiger partial charge in [0.15, 0.2) is 0 Å². The largest absolute Gasteiger partial charge is 0.301 e. The predicted octanol–water partition coefficient (Wildman–Crippen LogP) is 2.40. The summed E-state index contributed by atoms with van der Waals surface area (Å²) in [6.07, 6.45) is 2.93. The Kier molecular flexibility index (Phi) is 4.85. The van der Waals surface area contributed by atoms with E-state index in [2.05, 4.69) is 26.9 Å². The summed E-state index contributed by atoms with van der Waals surface area (Å²) >= 11 is 0. The number of likely N-dealkylation sites (N-methyl/N-ethyl adjacent to an activating group) is 1. The monoisotopic (exact) mass is 302 g/mol. The first-order valence-corrected chi connectivity index (χ1v) is 7.99. The number of aromatic amines is 1. The Bertz CT molecular complexity index is 585. The van der Waals surface area contributed by atoms with Crippen molar-refractivity contribution >= 4 is 0 Å². The Balaban J connectivity index is 1.60. The number of nitrogens with zero attached hydrogens (tertiary/aromatic N) is 3. The molecule has 0 saturated carbocycles. The lowest BCUT2D eigenvalue weighted by molar-refractivity contribution is 0.138. The Morgan fingerprint density at radius 3 is 2.45 bits per heavy atom. The molecule has 3 rings (SSSR count). The van der Waals surface area contributed by atoms with Crippen molar-refractivity contribution in [2.45, 2.75) is 13.3 Å². The van der Waals surface area contributed by atoms with Gasteiger partial charge in [-0.05, 0) is 42.8 Å². The van der Waals surface area contributed by atoms with Gasteiger partial charge < -0.3 is 9.80 Å². The van der Waals surface area contributed by atoms with Crippen LogP contribution in [0.1, 0.15) is 12.5 Å². The molecule has 0 bridgehead atoms. The van der Waals surface area contributed by atoms with Crippen LogP contribution >= 0.6 is 0 Å². The molecule has 1 aromatic carbocycles. The van der Waals surface area contributed by atoms with Crippen LogP contribution in [0.25, 0.3) is 11.3 Å². The smallest absolute Gasteiger partial charge is 0.123 e. The van der Waals surface area contributed by atoms with Crippen LogP contribution in [-0.4, -0.2) is 59.3 Å². The molecule has 0 radical (unpaired) electrons. The molecule has 1 fully saturated rings. The first kappa shape index (κ1) is 15.2. The average molecular weight is 302 g/mol. The van der Waals surface area contributed by atoms with Gasteiger partial charge in [-0.15, -0.1) is 0 Å². The summed E-state index contributed by atoms with van der Waals surface area (Å²) in [7, 11) is 0. The fourth-order valence-corrected chi connectivity index (χ4v) is 2.97. The maximum absolute atomic E-state index is 13.0. The van der Waals surface area contributed by atoms with Crippen molar-refractivity contribution in [3.05, 3.63) is 41.8 Å². The lowest BCUT2D eigenvalue weighted by Crippen LogP contribution is -2.46. The highest BCUT2D eigenvalue weighted by atomic mass is 19.1. The minimum Gasteiger partial charge on any atom is -0.301 e. The molecule has 1 saturated heterocycles. The fourth-order valence-electron chi connectivity index (χ4n) is 2.97. The fraction of sp³-hybridized carbons (Fsp3) is 0.471. The molecule has 0 amide bonds. The molecule has 1 aromatic heterocycles. The molecule has 4 nitrogen and oxygen atoms in total. The minimum atomic E-state index is -0.213. The summed E-state index contributed by atoms with van der Waals surface area (Å²) in [5.74, 6) is -0.213. The third-order valence-electron chi connectivity index (χ3n) is 4.45. The first-order chi connectivity index (χ1) is 10.8. The Labute approximate surface area is 130 Å². The SMILES string of the molecule is CCN1CCN(CCc2c[nH]nc2-c2ccc(F)cc2)CC1. The van der Waals surface area contributed by atoms with Crippen LogP contribution in [0.3, 0.4) is 0 Å². The maximum Gasteiger partial charge on any atom is 0.123 e. The first-order valence-electron chi connectivity index (χ1n) is 7.99. The second-order valence-corrected chi connectivity index (χ2v) is 5.79. The van der Waals surface area contributed by atoms with Crippen LogP contribution in [-0.2, 0) is 6.42 Å². The van der Waals surface area contributed by atoms with Gasteiger partial charge in [-0.3, -0.25) is 5.10 Å². The van der Waals surface area contributed by atoms with Gasteiger partial charge in [0.05, 0.1) is 5.69 Å². The summed E-state index contributed by atoms with van der Waals surface area (Å²) in [5, 5.41) is 7.28. The van der Waals surface area contributed by atoms with Crippen molar-refractivity contribution in [3.8, 4) is 11.3 Å². The lowest BCUT2D eigenvalue weighted by Gasteiger charge is -2.33. The molecule has 0 aliphatic carbocycles. The van der Waals surface area contributed by atoms with E-state index in [0.29, 0.717) is 0 Å². The van der Waals surface area contributed by atoms with E-state index >= 15 is 0 Å². The number of H-pyrrole nitrogens is 1. The zero-order chi connectivity index (χ0) is 15.4. The third-order valence-corrected chi connectivity index (χ3v) is 4.45. The topological polar surface area (TPSA) is 35.2 Å². The molecule has 1 aliphatic heterocycles. The summed E-state index contributed by atoms with van der Waals surface area (Å²) in [4.78, 5) is 4.99. The Hall–Kier alpha value is -1.72. The van der Waals surface area contributed by atoms with Gasteiger partial charge in [0, 0.05) is 44.5 Å². The van der Waals surface area contributed by atoms with Crippen molar-refractivity contribution in [2.75, 3.05) is 39.3 Å². The summed E-state index contributed by atoms with van der Waals surface area (Å²) in [6, 6.07) is 6.54. The molecule has 0 spiro atoms. The number of aromatic nitrogens is 2. The van der Waals surface area contributed by atoms with Gasteiger partial charge in [0.25, 0.3) is 0 Å². The number of hydrogen-bond acceptors (Lipinski definition) is 3. The zero-order valence-electron chi connectivity index (χ0n) is 13.1. The molecule has 1 aliphatic rings. The van der Waals surface area contributed by atoms with Gasteiger partial charge in [0.1, 0.15) is 5.82 Å². The highest BCUT2D eigenvalue weighted by Crippen LogP contribution is 2.22. The Morgan fingerprint density at radius 1 is 1.09 bits per heavy atom. The van der Waals surface area contributed by atoms with E-state index < -0.39 is 0 Å². The van der Waals surface area contributed by atoms with Crippen LogP contribution in [0, 0.1) is 5.82 Å². The van der Waals surface area contributed by atoms with E-state index in [-0.39, 0.29) is 5.82 Å². The second-order valence-electron chi connectivity index (χ2n) is 5.79. The van der Waals surface area contributed by atoms with Crippen LogP contribution in [0.15, 0.2) is 30.5 Å². The molecular weight excluding hydrogens is 279 g/mol. The summed E-state index contributed by atoms with van der Waals surface area (Å²) < 4.78 is 13.0. The molecule has 0 atom stereocenters. The molecule has 118 valence electrons. The number of benzene rings is 1. The van der Waals surface area contributed by atoms with Gasteiger partial charge in [-0.25, -0.2) is 4.39 Å². The van der Waals surface area contributed by atoms with Gasteiger partial charge >= 0.3 is 0 Å². The number of piperazine rings is 1. The number of nitrogens with one attached hydrogen (secondary N) is 1. The number of hydrogen-bond donors (Lipinski definition) is 1. The van der Waals surface area contributed by atoms with Crippen molar-refractivity contribution in [1.29, 1.82) is 0 Å². The molecule has 0 unspecified atom stereocenters. The van der Waals surface area contributed by atoms with Gasteiger partial charge in [-0.1, -0.05) is 6.92 Å². The average Bonchev–Trinajstić information content (AvgIpc) is 3.02. The van der Waals surface area contributed by atoms with Crippen LogP contribution in [0.4, 0.5) is 4.39 Å². The predicted molar refractivity (Wildman–Crippen MR) is 86.2 cm³/mol. The normalized spacial score (nSPS) is 17.0. The molecule has 22 heavy (non-hydrogen) atoms. The standard InChI is InChI=1S/C17H23FN4/c1-2-21-9-11-22(12-10-21)8-7-15-13-19-20-17(15)14-3-5-16(18)6-4-14/h3-6,13H,2,7-12H2,1H3,(H,19,20). The van der Waals surface area contributed by atoms with E-state index in [9.17, 15) is 4.39 Å². The Morgan fingerprint density at radius 2 is 1.77 bits per heavy atom. The van der Waals surface area contributed by atoms with E-state index in [1.54, 1.807) is 12.1 Å². The van der Waals surface area contributed by atoms with Crippen LogP contribution < -0.4 is 0 Å².